The molecular weight excluding hydrogens is 272 g/mol. The first-order valence-electron chi connectivity index (χ1n) is 8.57. The van der Waals surface area contributed by atoms with Gasteiger partial charge in [-0.05, 0) is 91.0 Å². The maximum Gasteiger partial charge on any atom is 0.115 e. The molecule has 5 atom stereocenters. The summed E-state index contributed by atoms with van der Waals surface area (Å²) in [7, 11) is 0. The predicted molar refractivity (Wildman–Crippen MR) is 87.9 cm³/mol. The lowest BCUT2D eigenvalue weighted by molar-refractivity contribution is 0.0643. The highest BCUT2D eigenvalue weighted by Crippen LogP contribution is 2.64. The molecule has 1 aromatic carbocycles. The summed E-state index contributed by atoms with van der Waals surface area (Å²) in [6.45, 7) is 8.54. The summed E-state index contributed by atoms with van der Waals surface area (Å²) in [5.41, 5.74) is 3.21. The number of phenolic OH excluding ortho intramolecular Hbond substituents is 1. The van der Waals surface area contributed by atoms with E-state index < -0.39 is 5.60 Å². The number of aromatic hydroxyl groups is 1. The topological polar surface area (TPSA) is 40.5 Å². The third kappa shape index (κ3) is 1.76. The quantitative estimate of drug-likeness (QED) is 0.706. The Balaban J connectivity index is 1.74. The molecule has 2 fully saturated rings. The number of hydrogen-bond acceptors (Lipinski definition) is 2. The third-order valence-electron chi connectivity index (χ3n) is 7.06. The minimum atomic E-state index is -0.705. The van der Waals surface area contributed by atoms with Crippen molar-refractivity contribution in [3.63, 3.8) is 0 Å². The first kappa shape index (κ1) is 14.3. The van der Waals surface area contributed by atoms with Crippen LogP contribution in [0.4, 0.5) is 0 Å². The van der Waals surface area contributed by atoms with Crippen molar-refractivity contribution in [2.75, 3.05) is 0 Å². The molecule has 0 spiro atoms. The fourth-order valence-corrected chi connectivity index (χ4v) is 5.81. The highest BCUT2D eigenvalue weighted by molar-refractivity contribution is 5.41. The lowest BCUT2D eigenvalue weighted by Gasteiger charge is -2.49. The molecule has 0 bridgehead atoms. The second kappa shape index (κ2) is 4.38. The Morgan fingerprint density at radius 3 is 2.77 bits per heavy atom. The fraction of sp³-hybridized carbons (Fsp3) is 0.600. The summed E-state index contributed by atoms with van der Waals surface area (Å²) in [6.07, 6.45) is 5.37. The van der Waals surface area contributed by atoms with Crippen LogP contribution < -0.4 is 0 Å². The Bertz CT molecular complexity index is 645. The van der Waals surface area contributed by atoms with Crippen molar-refractivity contribution < 1.29 is 10.2 Å². The molecule has 2 saturated carbocycles. The van der Waals surface area contributed by atoms with E-state index in [9.17, 15) is 10.2 Å². The van der Waals surface area contributed by atoms with Gasteiger partial charge in [0.2, 0.25) is 0 Å². The average Bonchev–Trinajstić information content (AvgIpc) is 2.66. The van der Waals surface area contributed by atoms with Crippen LogP contribution in [0.2, 0.25) is 0 Å². The van der Waals surface area contributed by atoms with Crippen LogP contribution in [0.5, 0.6) is 5.75 Å². The van der Waals surface area contributed by atoms with Gasteiger partial charge >= 0.3 is 0 Å². The smallest absolute Gasteiger partial charge is 0.115 e. The van der Waals surface area contributed by atoms with Gasteiger partial charge in [-0.3, -0.25) is 0 Å². The number of aliphatic hydroxyl groups is 1. The van der Waals surface area contributed by atoms with Gasteiger partial charge in [0.1, 0.15) is 5.75 Å². The summed E-state index contributed by atoms with van der Waals surface area (Å²) >= 11 is 0. The predicted octanol–water partition coefficient (Wildman–Crippen LogP) is 4.17. The molecule has 3 aliphatic carbocycles. The first-order valence-corrected chi connectivity index (χ1v) is 8.57. The lowest BCUT2D eigenvalue weighted by atomic mass is 9.55. The Kier molecular flexibility index (Phi) is 2.85. The normalized spacial score (nSPS) is 43.4. The third-order valence-corrected chi connectivity index (χ3v) is 7.06. The van der Waals surface area contributed by atoms with Gasteiger partial charge in [0.05, 0.1) is 5.60 Å². The summed E-state index contributed by atoms with van der Waals surface area (Å²) in [6, 6.07) is 5.91. The van der Waals surface area contributed by atoms with Gasteiger partial charge in [0, 0.05) is 0 Å². The van der Waals surface area contributed by atoms with Gasteiger partial charge < -0.3 is 10.2 Å². The van der Waals surface area contributed by atoms with E-state index in [1.807, 2.05) is 19.1 Å². The van der Waals surface area contributed by atoms with Crippen LogP contribution in [0.3, 0.4) is 0 Å². The lowest BCUT2D eigenvalue weighted by Crippen LogP contribution is -2.40. The Morgan fingerprint density at radius 2 is 2.00 bits per heavy atom. The summed E-state index contributed by atoms with van der Waals surface area (Å²) in [4.78, 5) is 0. The Morgan fingerprint density at radius 1 is 1.23 bits per heavy atom. The van der Waals surface area contributed by atoms with E-state index in [1.165, 1.54) is 24.0 Å². The fourth-order valence-electron chi connectivity index (χ4n) is 5.81. The molecule has 0 amide bonds. The van der Waals surface area contributed by atoms with Crippen molar-refractivity contribution in [2.24, 2.45) is 17.3 Å². The van der Waals surface area contributed by atoms with Crippen molar-refractivity contribution in [2.45, 2.75) is 57.5 Å². The molecule has 0 unspecified atom stereocenters. The van der Waals surface area contributed by atoms with E-state index in [0.29, 0.717) is 23.5 Å². The molecule has 0 aliphatic heterocycles. The number of hydrogen-bond donors (Lipinski definition) is 2. The molecular formula is C20H26O2. The number of fused-ring (bicyclic) bond motifs is 5. The van der Waals surface area contributed by atoms with Crippen molar-refractivity contribution in [1.29, 1.82) is 0 Å². The van der Waals surface area contributed by atoms with Crippen molar-refractivity contribution in [3.05, 3.63) is 41.5 Å². The summed E-state index contributed by atoms with van der Waals surface area (Å²) < 4.78 is 0. The van der Waals surface area contributed by atoms with Crippen LogP contribution in [0.15, 0.2) is 30.4 Å². The highest BCUT2D eigenvalue weighted by atomic mass is 16.3. The average molecular weight is 298 g/mol. The van der Waals surface area contributed by atoms with Gasteiger partial charge in [0.15, 0.2) is 0 Å². The molecule has 4 rings (SSSR count). The molecule has 0 heterocycles. The van der Waals surface area contributed by atoms with E-state index >= 15 is 0 Å². The maximum atomic E-state index is 10.7. The standard InChI is InChI=1S/C20H26O2/c1-12-19(2)9-8-16-15-7-5-14(21)10-13(15)4-6-17(16)18(19)11-20(12,3)22/h5,7,10,16-18,21-22H,1,4,6,8-9,11H2,2-3H3/t16-,17-,18+,19-,20-/m1/s1. The van der Waals surface area contributed by atoms with Gasteiger partial charge in [0.25, 0.3) is 0 Å². The molecule has 22 heavy (non-hydrogen) atoms. The van der Waals surface area contributed by atoms with Gasteiger partial charge in [-0.1, -0.05) is 19.6 Å². The number of rotatable bonds is 0. The second-order valence-corrected chi connectivity index (χ2v) is 8.21. The largest absolute Gasteiger partial charge is 0.508 e. The van der Waals surface area contributed by atoms with E-state index in [-0.39, 0.29) is 5.41 Å². The Labute approximate surface area is 132 Å². The molecule has 2 N–H and O–H groups in total. The van der Waals surface area contributed by atoms with Crippen molar-refractivity contribution in [1.82, 2.24) is 0 Å². The minimum absolute atomic E-state index is 0.0963. The van der Waals surface area contributed by atoms with E-state index in [0.717, 1.165) is 24.8 Å². The zero-order valence-electron chi connectivity index (χ0n) is 13.6. The van der Waals surface area contributed by atoms with Crippen molar-refractivity contribution in [3.8, 4) is 5.75 Å². The number of benzene rings is 1. The van der Waals surface area contributed by atoms with Gasteiger partial charge in [-0.2, -0.15) is 0 Å². The molecule has 0 aromatic heterocycles. The molecule has 2 heteroatoms. The van der Waals surface area contributed by atoms with Crippen LogP contribution in [0.1, 0.15) is 56.6 Å². The van der Waals surface area contributed by atoms with E-state index in [4.69, 9.17) is 0 Å². The molecule has 0 radical (unpaired) electrons. The minimum Gasteiger partial charge on any atom is -0.508 e. The molecule has 118 valence electrons. The number of aryl methyl sites for hydroxylation is 1. The Hall–Kier alpha value is -1.28. The maximum absolute atomic E-state index is 10.7. The second-order valence-electron chi connectivity index (χ2n) is 8.21. The summed E-state index contributed by atoms with van der Waals surface area (Å²) in [5.74, 6) is 2.15. The summed E-state index contributed by atoms with van der Waals surface area (Å²) in [5, 5.41) is 20.5. The van der Waals surface area contributed by atoms with Crippen LogP contribution in [-0.4, -0.2) is 15.8 Å². The molecule has 3 aliphatic rings. The highest BCUT2D eigenvalue weighted by Gasteiger charge is 2.58. The number of phenols is 1. The molecule has 2 nitrogen and oxygen atoms in total. The monoisotopic (exact) mass is 298 g/mol. The molecule has 0 saturated heterocycles. The molecule has 1 aromatic rings. The van der Waals surface area contributed by atoms with E-state index in [2.05, 4.69) is 19.6 Å². The first-order chi connectivity index (χ1) is 10.3. The van der Waals surface area contributed by atoms with Crippen LogP contribution in [0.25, 0.3) is 0 Å². The van der Waals surface area contributed by atoms with Crippen LogP contribution in [0, 0.1) is 17.3 Å². The van der Waals surface area contributed by atoms with Crippen LogP contribution >= 0.6 is 0 Å². The SMILES string of the molecule is C=C1[C@](C)(O)C[C@H]2[C@@H]3CCc4cc(O)ccc4[C@H]3CC[C@]12C. The van der Waals surface area contributed by atoms with E-state index in [1.54, 1.807) is 0 Å². The van der Waals surface area contributed by atoms with Gasteiger partial charge in [-0.15, -0.1) is 0 Å². The van der Waals surface area contributed by atoms with Crippen molar-refractivity contribution >= 4 is 0 Å². The zero-order chi connectivity index (χ0) is 15.7. The van der Waals surface area contributed by atoms with Crippen LogP contribution in [-0.2, 0) is 6.42 Å². The van der Waals surface area contributed by atoms with Gasteiger partial charge in [-0.25, -0.2) is 0 Å². The zero-order valence-corrected chi connectivity index (χ0v) is 13.6.